The van der Waals surface area contributed by atoms with Gasteiger partial charge in [-0.25, -0.2) is 13.2 Å². The van der Waals surface area contributed by atoms with Crippen molar-refractivity contribution < 1.29 is 17.9 Å². The second kappa shape index (κ2) is 6.91. The van der Waals surface area contributed by atoms with Gasteiger partial charge in [0.15, 0.2) is 0 Å². The Hall–Kier alpha value is -1.22. The zero-order valence-electron chi connectivity index (χ0n) is 11.9. The van der Waals surface area contributed by atoms with Crippen molar-refractivity contribution in [2.45, 2.75) is 11.4 Å². The van der Waals surface area contributed by atoms with Gasteiger partial charge in [-0.3, -0.25) is 0 Å². The van der Waals surface area contributed by atoms with E-state index in [1.807, 2.05) is 12.1 Å². The maximum atomic E-state index is 12.7. The zero-order chi connectivity index (χ0) is 16.3. The molecule has 0 bridgehead atoms. The minimum atomic E-state index is -3.79. The van der Waals surface area contributed by atoms with Crippen LogP contribution in [-0.4, -0.2) is 32.8 Å². The first-order chi connectivity index (χ1) is 10.4. The molecule has 0 spiro atoms. The minimum Gasteiger partial charge on any atom is -0.465 e. The van der Waals surface area contributed by atoms with Crippen LogP contribution < -0.4 is 0 Å². The first-order valence-corrected chi connectivity index (χ1v) is 9.29. The van der Waals surface area contributed by atoms with Crippen molar-refractivity contribution in [1.82, 2.24) is 4.31 Å². The van der Waals surface area contributed by atoms with E-state index in [4.69, 9.17) is 0 Å². The smallest absolute Gasteiger partial charge is 0.339 e. The molecule has 8 heteroatoms. The molecule has 0 radical (unpaired) electrons. The number of ether oxygens (including phenoxy) is 1. The maximum absolute atomic E-state index is 12.7. The number of sulfonamides is 1. The number of hydrogen-bond acceptors (Lipinski definition) is 5. The Morgan fingerprint density at radius 2 is 1.95 bits per heavy atom. The molecule has 0 aliphatic carbocycles. The van der Waals surface area contributed by atoms with Crippen LogP contribution in [-0.2, 0) is 21.3 Å². The van der Waals surface area contributed by atoms with E-state index in [-0.39, 0.29) is 17.0 Å². The quantitative estimate of drug-likeness (QED) is 0.719. The molecule has 0 saturated carbocycles. The largest absolute Gasteiger partial charge is 0.465 e. The summed E-state index contributed by atoms with van der Waals surface area (Å²) in [6.45, 7) is 0.230. The average Bonchev–Trinajstić information content (AvgIpc) is 2.91. The van der Waals surface area contributed by atoms with Crippen molar-refractivity contribution in [3.8, 4) is 0 Å². The van der Waals surface area contributed by atoms with Gasteiger partial charge in [-0.1, -0.05) is 12.1 Å². The Morgan fingerprint density at radius 1 is 1.27 bits per heavy atom. The molecule has 1 aromatic heterocycles. The van der Waals surface area contributed by atoms with Crippen LogP contribution in [0, 0.1) is 0 Å². The molecule has 0 N–H and O–H groups in total. The van der Waals surface area contributed by atoms with Crippen LogP contribution >= 0.6 is 27.3 Å². The molecule has 0 aliphatic heterocycles. The molecule has 0 atom stereocenters. The number of thiophene rings is 1. The Labute approximate surface area is 141 Å². The van der Waals surface area contributed by atoms with Crippen LogP contribution in [0.1, 0.15) is 15.2 Å². The first-order valence-electron chi connectivity index (χ1n) is 6.24. The highest BCUT2D eigenvalue weighted by atomic mass is 79.9. The van der Waals surface area contributed by atoms with E-state index in [9.17, 15) is 13.2 Å². The van der Waals surface area contributed by atoms with Crippen LogP contribution in [0.4, 0.5) is 0 Å². The predicted molar refractivity (Wildman–Crippen MR) is 88.5 cm³/mol. The lowest BCUT2D eigenvalue weighted by Gasteiger charge is -2.18. The van der Waals surface area contributed by atoms with Crippen LogP contribution in [0.15, 0.2) is 45.1 Å². The summed E-state index contributed by atoms with van der Waals surface area (Å²) in [5.41, 5.74) is 0.0317. The summed E-state index contributed by atoms with van der Waals surface area (Å²) >= 11 is 4.81. The number of rotatable bonds is 5. The Balaban J connectivity index is 2.36. The molecule has 0 amide bonds. The van der Waals surface area contributed by atoms with E-state index in [0.717, 1.165) is 8.66 Å². The number of esters is 1. The lowest BCUT2D eigenvalue weighted by molar-refractivity contribution is 0.0596. The molecule has 1 heterocycles. The molecule has 1 aromatic carbocycles. The van der Waals surface area contributed by atoms with Crippen molar-refractivity contribution in [1.29, 1.82) is 0 Å². The van der Waals surface area contributed by atoms with E-state index in [0.29, 0.717) is 0 Å². The predicted octanol–water partition coefficient (Wildman–Crippen LogP) is 3.12. The summed E-state index contributed by atoms with van der Waals surface area (Å²) < 4.78 is 32.2. The van der Waals surface area contributed by atoms with Gasteiger partial charge in [-0.2, -0.15) is 4.31 Å². The summed E-state index contributed by atoms with van der Waals surface area (Å²) in [7, 11) is -1.09. The molecule has 2 rings (SSSR count). The highest BCUT2D eigenvalue weighted by molar-refractivity contribution is 9.11. The monoisotopic (exact) mass is 403 g/mol. The van der Waals surface area contributed by atoms with E-state index < -0.39 is 16.0 Å². The van der Waals surface area contributed by atoms with E-state index in [1.165, 1.54) is 41.9 Å². The third kappa shape index (κ3) is 3.57. The second-order valence-corrected chi connectivity index (χ2v) is 9.02. The van der Waals surface area contributed by atoms with Crippen molar-refractivity contribution in [2.24, 2.45) is 0 Å². The standard InChI is InChI=1S/C14H14BrNO4S2/c1-16(9-10-7-8-13(15)21-10)22(18,19)12-6-4-3-5-11(12)14(17)20-2/h3-8H,9H2,1-2H3. The average molecular weight is 404 g/mol. The molecule has 22 heavy (non-hydrogen) atoms. The van der Waals surface area contributed by atoms with Crippen molar-refractivity contribution in [3.05, 3.63) is 50.6 Å². The van der Waals surface area contributed by atoms with Crippen LogP contribution in [0.2, 0.25) is 0 Å². The van der Waals surface area contributed by atoms with E-state index >= 15 is 0 Å². The number of benzene rings is 1. The molecular weight excluding hydrogens is 390 g/mol. The van der Waals surface area contributed by atoms with Crippen LogP contribution in [0.3, 0.4) is 0 Å². The lowest BCUT2D eigenvalue weighted by Crippen LogP contribution is -2.27. The lowest BCUT2D eigenvalue weighted by atomic mass is 10.2. The molecule has 0 unspecified atom stereocenters. The normalized spacial score (nSPS) is 11.6. The SMILES string of the molecule is COC(=O)c1ccccc1S(=O)(=O)N(C)Cc1ccc(Br)s1. The Bertz CT molecular complexity index is 786. The molecular formula is C14H14BrNO4S2. The van der Waals surface area contributed by atoms with E-state index in [1.54, 1.807) is 12.1 Å². The fourth-order valence-electron chi connectivity index (χ4n) is 1.88. The van der Waals surface area contributed by atoms with Crippen LogP contribution in [0.5, 0.6) is 0 Å². The number of carbonyl (C=O) groups is 1. The minimum absolute atomic E-state index is 0.0317. The van der Waals surface area contributed by atoms with Gasteiger partial charge in [-0.05, 0) is 40.2 Å². The summed E-state index contributed by atoms with van der Waals surface area (Å²) in [5.74, 6) is -0.675. The van der Waals surface area contributed by atoms with Gasteiger partial charge >= 0.3 is 5.97 Å². The topological polar surface area (TPSA) is 63.7 Å². The summed E-state index contributed by atoms with van der Waals surface area (Å²) in [5, 5.41) is 0. The number of hydrogen-bond donors (Lipinski definition) is 0. The number of nitrogens with zero attached hydrogens (tertiary/aromatic N) is 1. The Kier molecular flexibility index (Phi) is 5.38. The molecule has 5 nitrogen and oxygen atoms in total. The third-order valence-corrected chi connectivity index (χ3v) is 6.46. The molecule has 0 saturated heterocycles. The molecule has 0 aliphatic rings. The van der Waals surface area contributed by atoms with Gasteiger partial charge in [0.05, 0.1) is 21.4 Å². The fraction of sp³-hybridized carbons (Fsp3) is 0.214. The molecule has 0 fully saturated rings. The zero-order valence-corrected chi connectivity index (χ0v) is 15.2. The summed E-state index contributed by atoms with van der Waals surface area (Å²) in [6, 6.07) is 9.74. The number of methoxy groups -OCH3 is 1. The third-order valence-electron chi connectivity index (χ3n) is 2.99. The van der Waals surface area contributed by atoms with Gasteiger partial charge in [0.2, 0.25) is 10.0 Å². The number of carbonyl (C=O) groups excluding carboxylic acids is 1. The first kappa shape index (κ1) is 17.1. The van der Waals surface area contributed by atoms with Gasteiger partial charge in [0.25, 0.3) is 0 Å². The highest BCUT2D eigenvalue weighted by Gasteiger charge is 2.27. The summed E-state index contributed by atoms with van der Waals surface area (Å²) in [6.07, 6.45) is 0. The van der Waals surface area contributed by atoms with Gasteiger partial charge < -0.3 is 4.74 Å². The number of halogens is 1. The van der Waals surface area contributed by atoms with Gasteiger partial charge in [-0.15, -0.1) is 11.3 Å². The van der Waals surface area contributed by atoms with Crippen molar-refractivity contribution in [3.63, 3.8) is 0 Å². The van der Waals surface area contributed by atoms with Crippen molar-refractivity contribution in [2.75, 3.05) is 14.2 Å². The second-order valence-electron chi connectivity index (χ2n) is 4.45. The van der Waals surface area contributed by atoms with Crippen molar-refractivity contribution >= 4 is 43.3 Å². The fourth-order valence-corrected chi connectivity index (χ4v) is 4.82. The molecule has 118 valence electrons. The maximum Gasteiger partial charge on any atom is 0.339 e. The van der Waals surface area contributed by atoms with Gasteiger partial charge in [0.1, 0.15) is 0 Å². The van der Waals surface area contributed by atoms with E-state index in [2.05, 4.69) is 20.7 Å². The summed E-state index contributed by atoms with van der Waals surface area (Å²) in [4.78, 5) is 12.6. The highest BCUT2D eigenvalue weighted by Crippen LogP contribution is 2.26. The van der Waals surface area contributed by atoms with Gasteiger partial charge in [0, 0.05) is 18.5 Å². The molecule has 2 aromatic rings. The van der Waals surface area contributed by atoms with Crippen LogP contribution in [0.25, 0.3) is 0 Å². The Morgan fingerprint density at radius 3 is 2.55 bits per heavy atom.